The maximum absolute atomic E-state index is 4.50. The summed E-state index contributed by atoms with van der Waals surface area (Å²) in [5, 5.41) is 3.44. The molecule has 1 unspecified atom stereocenters. The largest absolute Gasteiger partial charge is 0.370 e. The first kappa shape index (κ1) is 13.9. The minimum Gasteiger partial charge on any atom is -0.370 e. The quantitative estimate of drug-likeness (QED) is 0.902. The molecule has 0 spiro atoms. The molecule has 21 heavy (non-hydrogen) atoms. The Balaban J connectivity index is 1.84. The monoisotopic (exact) mass is 281 g/mol. The summed E-state index contributed by atoms with van der Waals surface area (Å²) in [5.41, 5.74) is 4.10. The maximum atomic E-state index is 4.50. The van der Waals surface area contributed by atoms with Crippen LogP contribution in [0.2, 0.25) is 0 Å². The van der Waals surface area contributed by atoms with Crippen molar-refractivity contribution in [3.63, 3.8) is 0 Å². The van der Waals surface area contributed by atoms with E-state index >= 15 is 0 Å². The van der Waals surface area contributed by atoms with E-state index in [9.17, 15) is 0 Å². The number of hydrogen-bond donors (Lipinski definition) is 1. The van der Waals surface area contributed by atoms with E-state index in [1.807, 2.05) is 12.3 Å². The second-order valence-corrected chi connectivity index (χ2v) is 5.75. The molecular weight excluding hydrogens is 258 g/mol. The zero-order valence-electron chi connectivity index (χ0n) is 12.8. The smallest absolute Gasteiger partial charge is 0.130 e. The third-order valence-electron chi connectivity index (χ3n) is 4.12. The van der Waals surface area contributed by atoms with Crippen LogP contribution in [0.3, 0.4) is 0 Å². The summed E-state index contributed by atoms with van der Waals surface area (Å²) in [6.07, 6.45) is 4.11. The van der Waals surface area contributed by atoms with Crippen LogP contribution in [0.1, 0.15) is 31.4 Å². The molecule has 0 fully saturated rings. The molecule has 2 aromatic rings. The number of fused-ring (bicyclic) bond motifs is 1. The highest BCUT2D eigenvalue weighted by Crippen LogP contribution is 2.33. The number of hydrogen-bond acceptors (Lipinski definition) is 3. The fourth-order valence-electron chi connectivity index (χ4n) is 3.02. The van der Waals surface area contributed by atoms with Crippen LogP contribution in [0, 0.1) is 0 Å². The van der Waals surface area contributed by atoms with Crippen molar-refractivity contribution in [3.8, 4) is 0 Å². The molecule has 1 N–H and O–H groups in total. The first-order chi connectivity index (χ1) is 10.3. The Kier molecular flexibility index (Phi) is 4.09. The van der Waals surface area contributed by atoms with Crippen molar-refractivity contribution < 1.29 is 0 Å². The molecular formula is C18H23N3. The summed E-state index contributed by atoms with van der Waals surface area (Å²) < 4.78 is 0. The topological polar surface area (TPSA) is 28.2 Å². The Labute approximate surface area is 127 Å². The van der Waals surface area contributed by atoms with Gasteiger partial charge >= 0.3 is 0 Å². The minimum absolute atomic E-state index is 0.543. The molecule has 0 aliphatic carbocycles. The third kappa shape index (κ3) is 2.87. The molecule has 1 aromatic heterocycles. The van der Waals surface area contributed by atoms with Crippen LogP contribution >= 0.6 is 0 Å². The van der Waals surface area contributed by atoms with Gasteiger partial charge in [0.25, 0.3) is 0 Å². The second kappa shape index (κ2) is 6.17. The average molecular weight is 281 g/mol. The van der Waals surface area contributed by atoms with Gasteiger partial charge in [0.05, 0.1) is 0 Å². The fourth-order valence-corrected chi connectivity index (χ4v) is 3.02. The zero-order chi connectivity index (χ0) is 14.7. The summed E-state index contributed by atoms with van der Waals surface area (Å²) >= 11 is 0. The van der Waals surface area contributed by atoms with Gasteiger partial charge in [-0.1, -0.05) is 31.2 Å². The molecule has 1 aliphatic rings. The maximum Gasteiger partial charge on any atom is 0.130 e. The van der Waals surface area contributed by atoms with Crippen LogP contribution in [0.15, 0.2) is 42.6 Å². The van der Waals surface area contributed by atoms with Gasteiger partial charge in [-0.15, -0.1) is 0 Å². The van der Waals surface area contributed by atoms with Crippen LogP contribution in [-0.2, 0) is 13.0 Å². The molecule has 110 valence electrons. The van der Waals surface area contributed by atoms with Crippen LogP contribution in [-0.4, -0.2) is 17.6 Å². The molecule has 0 saturated heterocycles. The van der Waals surface area contributed by atoms with E-state index < -0.39 is 0 Å². The lowest BCUT2D eigenvalue weighted by atomic mass is 10.1. The lowest BCUT2D eigenvalue weighted by Gasteiger charge is -2.26. The van der Waals surface area contributed by atoms with Crippen molar-refractivity contribution >= 4 is 11.5 Å². The van der Waals surface area contributed by atoms with Crippen molar-refractivity contribution in [3.05, 3.63) is 53.7 Å². The van der Waals surface area contributed by atoms with E-state index in [2.05, 4.69) is 59.4 Å². The molecule has 0 saturated carbocycles. The Morgan fingerprint density at radius 2 is 2.10 bits per heavy atom. The number of rotatable bonds is 5. The summed E-state index contributed by atoms with van der Waals surface area (Å²) in [5.74, 6) is 1.02. The number of nitrogens with one attached hydrogen (secondary N) is 1. The van der Waals surface area contributed by atoms with Gasteiger partial charge < -0.3 is 10.2 Å². The predicted octanol–water partition coefficient (Wildman–Crippen LogP) is 3.85. The summed E-state index contributed by atoms with van der Waals surface area (Å²) in [4.78, 5) is 6.99. The first-order valence-corrected chi connectivity index (χ1v) is 7.82. The highest BCUT2D eigenvalue weighted by atomic mass is 15.2. The van der Waals surface area contributed by atoms with Crippen molar-refractivity contribution in [1.82, 2.24) is 4.98 Å². The minimum atomic E-state index is 0.543. The van der Waals surface area contributed by atoms with Crippen molar-refractivity contribution in [2.45, 2.75) is 39.3 Å². The van der Waals surface area contributed by atoms with E-state index in [0.29, 0.717) is 6.04 Å². The molecule has 0 bridgehead atoms. The van der Waals surface area contributed by atoms with Crippen molar-refractivity contribution in [1.29, 1.82) is 0 Å². The number of aromatic nitrogens is 1. The van der Waals surface area contributed by atoms with Gasteiger partial charge in [-0.2, -0.15) is 0 Å². The normalized spacial score (nSPS) is 16.9. The standard InChI is InChI=1S/C18H23N3/c1-3-10-19-18-16(8-6-11-20-18)13-21-14(2)12-15-7-4-5-9-17(15)21/h4-9,11,14H,3,10,12-13H2,1-2H3,(H,19,20). The predicted molar refractivity (Wildman–Crippen MR) is 88.8 cm³/mol. The van der Waals surface area contributed by atoms with Crippen molar-refractivity contribution in [2.75, 3.05) is 16.8 Å². The Morgan fingerprint density at radius 3 is 2.95 bits per heavy atom. The molecule has 0 radical (unpaired) electrons. The average Bonchev–Trinajstić information content (AvgIpc) is 2.82. The lowest BCUT2D eigenvalue weighted by molar-refractivity contribution is 0.671. The molecule has 0 amide bonds. The van der Waals surface area contributed by atoms with Gasteiger partial charge in [-0.05, 0) is 37.5 Å². The van der Waals surface area contributed by atoms with Gasteiger partial charge in [0.2, 0.25) is 0 Å². The van der Waals surface area contributed by atoms with E-state index in [1.54, 1.807) is 0 Å². The SMILES string of the molecule is CCCNc1ncccc1CN1c2ccccc2CC1C. The van der Waals surface area contributed by atoms with E-state index in [-0.39, 0.29) is 0 Å². The fraction of sp³-hybridized carbons (Fsp3) is 0.389. The van der Waals surface area contributed by atoms with Gasteiger partial charge in [-0.25, -0.2) is 4.98 Å². The van der Waals surface area contributed by atoms with E-state index in [1.165, 1.54) is 16.8 Å². The summed E-state index contributed by atoms with van der Waals surface area (Å²) in [6.45, 7) is 6.36. The van der Waals surface area contributed by atoms with Crippen molar-refractivity contribution in [2.24, 2.45) is 0 Å². The number of nitrogens with zero attached hydrogens (tertiary/aromatic N) is 2. The number of benzene rings is 1. The molecule has 3 heteroatoms. The van der Waals surface area contributed by atoms with E-state index in [4.69, 9.17) is 0 Å². The van der Waals surface area contributed by atoms with Gasteiger partial charge in [-0.3, -0.25) is 0 Å². The third-order valence-corrected chi connectivity index (χ3v) is 4.12. The zero-order valence-corrected chi connectivity index (χ0v) is 12.8. The van der Waals surface area contributed by atoms with Crippen LogP contribution < -0.4 is 10.2 Å². The molecule has 1 atom stereocenters. The first-order valence-electron chi connectivity index (χ1n) is 7.82. The molecule has 1 aliphatic heterocycles. The Bertz CT molecular complexity index is 609. The number of para-hydroxylation sites is 1. The Morgan fingerprint density at radius 1 is 1.24 bits per heavy atom. The molecule has 3 nitrogen and oxygen atoms in total. The number of anilines is 2. The van der Waals surface area contributed by atoms with Crippen LogP contribution in [0.4, 0.5) is 11.5 Å². The Hall–Kier alpha value is -2.03. The highest BCUT2D eigenvalue weighted by molar-refractivity contribution is 5.60. The molecule has 1 aromatic carbocycles. The summed E-state index contributed by atoms with van der Waals surface area (Å²) in [6, 6.07) is 13.5. The van der Waals surface area contributed by atoms with Crippen LogP contribution in [0.25, 0.3) is 0 Å². The van der Waals surface area contributed by atoms with Gasteiger partial charge in [0.1, 0.15) is 5.82 Å². The van der Waals surface area contributed by atoms with Crippen LogP contribution in [0.5, 0.6) is 0 Å². The molecule has 3 rings (SSSR count). The second-order valence-electron chi connectivity index (χ2n) is 5.75. The lowest BCUT2D eigenvalue weighted by Crippen LogP contribution is -2.29. The van der Waals surface area contributed by atoms with E-state index in [0.717, 1.165) is 31.7 Å². The van der Waals surface area contributed by atoms with Gasteiger partial charge in [0.15, 0.2) is 0 Å². The van der Waals surface area contributed by atoms with Gasteiger partial charge in [0, 0.05) is 36.6 Å². The highest BCUT2D eigenvalue weighted by Gasteiger charge is 2.25. The summed E-state index contributed by atoms with van der Waals surface area (Å²) in [7, 11) is 0. The molecule has 2 heterocycles. The number of pyridine rings is 1.